The van der Waals surface area contributed by atoms with E-state index in [1.807, 2.05) is 0 Å². The summed E-state index contributed by atoms with van der Waals surface area (Å²) in [6.45, 7) is -0.868. The van der Waals surface area contributed by atoms with Gasteiger partial charge in [-0.3, -0.25) is 5.32 Å². The Hall–Kier alpha value is -2.17. The molecule has 9 nitrogen and oxygen atoms in total. The third kappa shape index (κ3) is 4.71. The highest BCUT2D eigenvalue weighted by Gasteiger charge is 2.40. The number of ether oxygens (including phenoxy) is 1. The lowest BCUT2D eigenvalue weighted by Gasteiger charge is -2.13. The topological polar surface area (TPSA) is 146 Å². The van der Waals surface area contributed by atoms with Crippen LogP contribution in [0.15, 0.2) is 11.0 Å². The Kier molecular flexibility index (Phi) is 6.21. The highest BCUT2D eigenvalue weighted by atomic mass is 19.4. The summed E-state index contributed by atoms with van der Waals surface area (Å²) < 4.78 is 41.6. The van der Waals surface area contributed by atoms with Crippen molar-refractivity contribution in [3.05, 3.63) is 22.2 Å². The first-order chi connectivity index (χ1) is 12.1. The van der Waals surface area contributed by atoms with E-state index in [1.54, 1.807) is 5.32 Å². The summed E-state index contributed by atoms with van der Waals surface area (Å²) in [6, 6.07) is 0. The van der Waals surface area contributed by atoms with Crippen LogP contribution in [-0.2, 0) is 0 Å². The number of nitrogens with two attached hydrogens (primary N) is 1. The number of anilines is 1. The van der Waals surface area contributed by atoms with Crippen molar-refractivity contribution in [2.24, 2.45) is 0 Å². The maximum atomic E-state index is 12.1. The minimum absolute atomic E-state index is 0.0741. The van der Waals surface area contributed by atoms with Gasteiger partial charge in [-0.05, 0) is 0 Å². The molecule has 4 unspecified atom stereocenters. The second kappa shape index (κ2) is 8.02. The molecule has 0 aromatic carbocycles. The van der Waals surface area contributed by atoms with Crippen molar-refractivity contribution in [1.82, 2.24) is 14.9 Å². The molecule has 1 fully saturated rings. The van der Waals surface area contributed by atoms with Gasteiger partial charge in [0.15, 0.2) is 0 Å². The van der Waals surface area contributed by atoms with Crippen LogP contribution in [0.2, 0.25) is 0 Å². The molecule has 2 rings (SSSR count). The van der Waals surface area contributed by atoms with Gasteiger partial charge in [-0.15, -0.1) is 0 Å². The molecule has 0 saturated carbocycles. The number of aliphatic hydroxyl groups is 5. The third-order valence-corrected chi connectivity index (χ3v) is 3.67. The molecule has 0 spiro atoms. The highest BCUT2D eigenvalue weighted by Crippen LogP contribution is 2.25. The Balaban J connectivity index is 2.14. The summed E-state index contributed by atoms with van der Waals surface area (Å²) in [5, 5.41) is 29.4. The Labute approximate surface area is 145 Å². The summed E-state index contributed by atoms with van der Waals surface area (Å²) in [5.41, 5.74) is 4.92. The summed E-state index contributed by atoms with van der Waals surface area (Å²) in [4.78, 5) is 15.5. The number of nitrogens with one attached hydrogen (secondary N) is 1. The van der Waals surface area contributed by atoms with Crippen molar-refractivity contribution in [1.29, 1.82) is 0 Å². The maximum absolute atomic E-state index is 12.1. The van der Waals surface area contributed by atoms with E-state index in [-0.39, 0.29) is 24.4 Å². The zero-order chi connectivity index (χ0) is 19.5. The van der Waals surface area contributed by atoms with E-state index in [1.165, 1.54) is 6.20 Å². The van der Waals surface area contributed by atoms with Crippen LogP contribution < -0.4 is 16.7 Å². The number of nitrogen functional groups attached to an aromatic ring is 1. The molecular weight excluding hydrogens is 361 g/mol. The minimum atomic E-state index is -4.82. The smallest absolute Gasteiger partial charge is 0.409 e. The van der Waals surface area contributed by atoms with Crippen molar-refractivity contribution in [2.75, 3.05) is 18.9 Å². The van der Waals surface area contributed by atoms with Crippen LogP contribution in [0.1, 0.15) is 18.2 Å². The standard InChI is InChI=1S/C14H17F3N4O5/c15-14(16,17)12(24)19-3-1-2-7-5-21(13(25)20-11(7)18)10-4-8(23)9(6-22)26-10/h5,8-10,12,19,22-24H,3-4,6H2,(H2,18,20,25)/p+1. The quantitative estimate of drug-likeness (QED) is 0.227. The molecule has 2 heterocycles. The Bertz CT molecular complexity index is 758. The molecule has 12 heteroatoms. The first-order valence-corrected chi connectivity index (χ1v) is 7.48. The van der Waals surface area contributed by atoms with Gasteiger partial charge in [0.1, 0.15) is 18.5 Å². The lowest BCUT2D eigenvalue weighted by molar-refractivity contribution is -0.212. The van der Waals surface area contributed by atoms with E-state index in [0.29, 0.717) is 0 Å². The third-order valence-electron chi connectivity index (χ3n) is 3.67. The monoisotopic (exact) mass is 379 g/mol. The summed E-state index contributed by atoms with van der Waals surface area (Å²) in [6.07, 6.45) is -8.63. The lowest BCUT2D eigenvalue weighted by Crippen LogP contribution is -2.42. The van der Waals surface area contributed by atoms with Gasteiger partial charge in [-0.1, -0.05) is 11.8 Å². The van der Waals surface area contributed by atoms with Crippen molar-refractivity contribution < 1.29 is 33.2 Å². The van der Waals surface area contributed by atoms with Crippen LogP contribution in [0.25, 0.3) is 0 Å². The van der Waals surface area contributed by atoms with Crippen molar-refractivity contribution in [3.63, 3.8) is 0 Å². The van der Waals surface area contributed by atoms with Gasteiger partial charge in [0, 0.05) is 6.20 Å². The fourth-order valence-electron chi connectivity index (χ4n) is 2.30. The van der Waals surface area contributed by atoms with Gasteiger partial charge in [-0.2, -0.15) is 18.2 Å². The molecule has 1 aromatic rings. The molecule has 0 bridgehead atoms. The van der Waals surface area contributed by atoms with Crippen LogP contribution >= 0.6 is 0 Å². The number of hydrogen-bond donors (Lipinski definition) is 5. The average molecular weight is 379 g/mol. The van der Waals surface area contributed by atoms with Crippen LogP contribution in [0.5, 0.6) is 0 Å². The molecule has 1 saturated heterocycles. The van der Waals surface area contributed by atoms with Crippen LogP contribution in [-0.4, -0.2) is 67.4 Å². The predicted molar refractivity (Wildman–Crippen MR) is 82.6 cm³/mol. The van der Waals surface area contributed by atoms with Gasteiger partial charge in [-0.25, -0.2) is 9.36 Å². The van der Waals surface area contributed by atoms with E-state index >= 15 is 0 Å². The average Bonchev–Trinajstić information content (AvgIpc) is 2.92. The maximum Gasteiger partial charge on any atom is 0.427 e. The number of aromatic nitrogens is 2. The van der Waals surface area contributed by atoms with Crippen LogP contribution in [0.4, 0.5) is 19.0 Å². The minimum Gasteiger partial charge on any atom is -0.409 e. The number of rotatable bonds is 4. The molecule has 4 atom stereocenters. The molecule has 144 valence electrons. The lowest BCUT2D eigenvalue weighted by atomic mass is 10.2. The molecule has 0 amide bonds. The number of nitrogens with zero attached hydrogens (tertiary/aromatic N) is 2. The van der Waals surface area contributed by atoms with Gasteiger partial charge < -0.3 is 25.8 Å². The van der Waals surface area contributed by atoms with Gasteiger partial charge in [0.25, 0.3) is 0 Å². The van der Waals surface area contributed by atoms with Crippen LogP contribution in [0, 0.1) is 11.8 Å². The fraction of sp³-hybridized carbons (Fsp3) is 0.571. The first-order valence-electron chi connectivity index (χ1n) is 7.48. The second-order valence-corrected chi connectivity index (χ2v) is 5.54. The highest BCUT2D eigenvalue weighted by molar-refractivity contribution is 5.49. The molecule has 1 aromatic heterocycles. The molecule has 1 aliphatic heterocycles. The van der Waals surface area contributed by atoms with E-state index in [0.717, 1.165) is 4.57 Å². The van der Waals surface area contributed by atoms with Gasteiger partial charge in [0.2, 0.25) is 18.6 Å². The molecule has 0 aliphatic carbocycles. The summed E-state index contributed by atoms with van der Waals surface area (Å²) in [7, 11) is 0. The zero-order valence-electron chi connectivity index (χ0n) is 13.3. The number of aliphatic hydroxyl groups excluding tert-OH is 3. The predicted octanol–water partition coefficient (Wildman–Crippen LogP) is -2.20. The summed E-state index contributed by atoms with van der Waals surface area (Å²) in [5.74, 6) is 4.58. The van der Waals surface area contributed by atoms with Crippen molar-refractivity contribution >= 4 is 5.82 Å². The van der Waals surface area contributed by atoms with Crippen LogP contribution in [0.3, 0.4) is 0 Å². The normalized spacial score (nSPS) is 24.2. The van der Waals surface area contributed by atoms with Crippen molar-refractivity contribution in [3.8, 4) is 11.8 Å². The molecular formula is C14H18F3N4O5+. The van der Waals surface area contributed by atoms with E-state index < -0.39 is 43.1 Å². The molecule has 0 radical (unpaired) electrons. The SMILES string of the molecule is Nc1nc(=O)n(C2CC(O)C(CO)[OH+]2)cc1C#CCNC(O)C(F)(F)F. The molecule has 7 N–H and O–H groups in total. The zero-order valence-corrected chi connectivity index (χ0v) is 13.3. The largest absolute Gasteiger partial charge is 0.427 e. The second-order valence-electron chi connectivity index (χ2n) is 5.54. The van der Waals surface area contributed by atoms with Gasteiger partial charge in [0.05, 0.1) is 18.5 Å². The Morgan fingerprint density at radius 3 is 2.81 bits per heavy atom. The van der Waals surface area contributed by atoms with Gasteiger partial charge >= 0.3 is 11.9 Å². The number of hydrogen-bond acceptors (Lipinski definition) is 7. The molecule has 1 aliphatic rings. The first kappa shape index (κ1) is 20.1. The molecule has 26 heavy (non-hydrogen) atoms. The number of halogens is 3. The fourth-order valence-corrected chi connectivity index (χ4v) is 2.30. The summed E-state index contributed by atoms with van der Waals surface area (Å²) >= 11 is 0. The van der Waals surface area contributed by atoms with Crippen molar-refractivity contribution in [2.45, 2.75) is 37.3 Å². The van der Waals surface area contributed by atoms with E-state index in [4.69, 9.17) is 15.9 Å². The Morgan fingerprint density at radius 1 is 1.54 bits per heavy atom. The Morgan fingerprint density at radius 2 is 2.23 bits per heavy atom. The van der Waals surface area contributed by atoms with E-state index in [9.17, 15) is 23.1 Å². The van der Waals surface area contributed by atoms with E-state index in [2.05, 4.69) is 21.6 Å². The number of alkyl halides is 3.